The lowest BCUT2D eigenvalue weighted by Crippen LogP contribution is -2.30. The molecular formula is C27H25N3O4. The summed E-state index contributed by atoms with van der Waals surface area (Å²) in [6.45, 7) is 7.36. The fourth-order valence-electron chi connectivity index (χ4n) is 3.99. The van der Waals surface area contributed by atoms with E-state index in [9.17, 15) is 19.5 Å². The molecule has 2 heterocycles. The Morgan fingerprint density at radius 1 is 0.912 bits per heavy atom. The first kappa shape index (κ1) is 23.0. The van der Waals surface area contributed by atoms with Crippen LogP contribution >= 0.6 is 0 Å². The van der Waals surface area contributed by atoms with E-state index in [-0.39, 0.29) is 22.9 Å². The molecule has 3 aromatic rings. The molecule has 34 heavy (non-hydrogen) atoms. The zero-order valence-corrected chi connectivity index (χ0v) is 19.4. The number of hydrogen-bond acceptors (Lipinski definition) is 6. The second-order valence-electron chi connectivity index (χ2n) is 8.66. The van der Waals surface area contributed by atoms with Gasteiger partial charge in [0.05, 0.1) is 17.3 Å². The number of aliphatic hydroxyl groups is 1. The number of aromatic nitrogens is 2. The molecule has 0 spiro atoms. The summed E-state index contributed by atoms with van der Waals surface area (Å²) >= 11 is 0. The van der Waals surface area contributed by atoms with Gasteiger partial charge in [0.1, 0.15) is 5.76 Å². The Hall–Kier alpha value is -4.13. The van der Waals surface area contributed by atoms with E-state index >= 15 is 0 Å². The number of benzene rings is 2. The monoisotopic (exact) mass is 455 g/mol. The number of aryl methyl sites for hydroxylation is 1. The summed E-state index contributed by atoms with van der Waals surface area (Å²) in [7, 11) is 0. The van der Waals surface area contributed by atoms with Crippen LogP contribution in [0.15, 0.2) is 66.2 Å². The first-order chi connectivity index (χ1) is 16.2. The highest BCUT2D eigenvalue weighted by atomic mass is 16.3. The molecule has 1 N–H and O–H groups in total. The van der Waals surface area contributed by atoms with E-state index in [0.717, 1.165) is 5.56 Å². The molecule has 1 amide bonds. The Bertz CT molecular complexity index is 1290. The van der Waals surface area contributed by atoms with Crippen LogP contribution in [0.25, 0.3) is 5.76 Å². The second kappa shape index (κ2) is 9.02. The number of Topliss-reactive ketones (excluding diaryl/α,β-unsaturated/α-hetero) is 2. The number of ketones is 2. The summed E-state index contributed by atoms with van der Waals surface area (Å²) in [6, 6.07) is 16.3. The van der Waals surface area contributed by atoms with Crippen molar-refractivity contribution in [1.29, 1.82) is 0 Å². The van der Waals surface area contributed by atoms with E-state index in [2.05, 4.69) is 24.0 Å². The predicted octanol–water partition coefficient (Wildman–Crippen LogP) is 4.74. The molecule has 0 saturated carbocycles. The molecule has 2 aromatic carbocycles. The minimum atomic E-state index is -0.928. The van der Waals surface area contributed by atoms with Crippen molar-refractivity contribution in [2.24, 2.45) is 0 Å². The number of nitrogens with zero attached hydrogens (tertiary/aromatic N) is 3. The van der Waals surface area contributed by atoms with Gasteiger partial charge in [0.2, 0.25) is 0 Å². The van der Waals surface area contributed by atoms with Crippen molar-refractivity contribution in [2.75, 3.05) is 4.90 Å². The molecule has 4 rings (SSSR count). The van der Waals surface area contributed by atoms with Gasteiger partial charge in [0, 0.05) is 11.1 Å². The Kier molecular flexibility index (Phi) is 6.11. The maximum Gasteiger partial charge on any atom is 0.301 e. The van der Waals surface area contributed by atoms with Crippen LogP contribution in [-0.2, 0) is 9.59 Å². The van der Waals surface area contributed by atoms with Crippen molar-refractivity contribution in [3.63, 3.8) is 0 Å². The van der Waals surface area contributed by atoms with Crippen molar-refractivity contribution in [2.45, 2.75) is 39.7 Å². The van der Waals surface area contributed by atoms with Crippen LogP contribution < -0.4 is 4.90 Å². The molecule has 1 atom stereocenters. The van der Waals surface area contributed by atoms with Crippen molar-refractivity contribution >= 4 is 29.1 Å². The maximum atomic E-state index is 13.2. The van der Waals surface area contributed by atoms with Gasteiger partial charge in [-0.15, -0.1) is 5.10 Å². The lowest BCUT2D eigenvalue weighted by Gasteiger charge is -2.24. The van der Waals surface area contributed by atoms with Gasteiger partial charge in [-0.1, -0.05) is 62.4 Å². The maximum absolute atomic E-state index is 13.2. The van der Waals surface area contributed by atoms with Gasteiger partial charge >= 0.3 is 5.91 Å². The summed E-state index contributed by atoms with van der Waals surface area (Å²) in [6.07, 6.45) is 0. The number of hydrogen-bond donors (Lipinski definition) is 1. The smallest absolute Gasteiger partial charge is 0.301 e. The molecule has 1 aliphatic rings. The van der Waals surface area contributed by atoms with Gasteiger partial charge in [0.25, 0.3) is 5.78 Å². The molecule has 0 bridgehead atoms. The van der Waals surface area contributed by atoms with Crippen LogP contribution in [0.3, 0.4) is 0 Å². The van der Waals surface area contributed by atoms with Gasteiger partial charge in [0.15, 0.2) is 11.6 Å². The number of carbonyl (C=O) groups excluding carboxylic acids is 3. The van der Waals surface area contributed by atoms with Crippen molar-refractivity contribution in [3.05, 3.63) is 94.2 Å². The number of rotatable bonds is 5. The van der Waals surface area contributed by atoms with Gasteiger partial charge in [-0.05, 0) is 43.0 Å². The van der Waals surface area contributed by atoms with Crippen LogP contribution in [0.1, 0.15) is 65.5 Å². The zero-order chi connectivity index (χ0) is 24.6. The highest BCUT2D eigenvalue weighted by molar-refractivity contribution is 6.51. The first-order valence-electron chi connectivity index (χ1n) is 11.0. The molecule has 0 radical (unpaired) electrons. The van der Waals surface area contributed by atoms with E-state index in [1.54, 1.807) is 55.5 Å². The summed E-state index contributed by atoms with van der Waals surface area (Å²) in [4.78, 5) is 39.3. The fourth-order valence-corrected chi connectivity index (χ4v) is 3.99. The Labute approximate surface area is 197 Å². The average Bonchev–Trinajstić information content (AvgIpc) is 3.09. The minimum absolute atomic E-state index is 0.0414. The summed E-state index contributed by atoms with van der Waals surface area (Å²) in [5.74, 6) is -1.48. The number of anilines is 1. The van der Waals surface area contributed by atoms with E-state index < -0.39 is 17.7 Å². The van der Waals surface area contributed by atoms with Gasteiger partial charge in [-0.3, -0.25) is 19.3 Å². The quantitative estimate of drug-likeness (QED) is 0.258. The average molecular weight is 456 g/mol. The molecule has 1 aliphatic heterocycles. The summed E-state index contributed by atoms with van der Waals surface area (Å²) in [5, 5.41) is 19.3. The molecule has 1 saturated heterocycles. The molecule has 1 fully saturated rings. The van der Waals surface area contributed by atoms with Crippen LogP contribution in [0.2, 0.25) is 0 Å². The third kappa shape index (κ3) is 4.12. The number of carbonyl (C=O) groups is 3. The lowest BCUT2D eigenvalue weighted by atomic mass is 9.93. The van der Waals surface area contributed by atoms with Crippen molar-refractivity contribution in [1.82, 2.24) is 10.2 Å². The first-order valence-corrected chi connectivity index (χ1v) is 11.0. The van der Waals surface area contributed by atoms with Crippen LogP contribution in [0, 0.1) is 6.92 Å². The van der Waals surface area contributed by atoms with Crippen LogP contribution in [0.4, 0.5) is 5.82 Å². The van der Waals surface area contributed by atoms with Crippen molar-refractivity contribution < 1.29 is 19.5 Å². The Morgan fingerprint density at radius 3 is 2.06 bits per heavy atom. The van der Waals surface area contributed by atoms with E-state index in [4.69, 9.17) is 0 Å². The molecule has 7 nitrogen and oxygen atoms in total. The molecule has 1 aromatic heterocycles. The van der Waals surface area contributed by atoms with E-state index in [1.807, 2.05) is 12.1 Å². The normalized spacial score (nSPS) is 17.4. The standard InChI is InChI=1S/C27H25N3O4/c1-15(2)18-6-12-21(13-7-18)25(32)23-24(20-10-8-19(9-11-20)17(4)31)30(27(34)26(23)33)22-14-5-16(3)28-29-22/h5-15,24,32H,1-4H3. The van der Waals surface area contributed by atoms with Crippen molar-refractivity contribution in [3.8, 4) is 0 Å². The molecule has 0 aliphatic carbocycles. The second-order valence-corrected chi connectivity index (χ2v) is 8.66. The fraction of sp³-hybridized carbons (Fsp3) is 0.222. The lowest BCUT2D eigenvalue weighted by molar-refractivity contribution is -0.132. The SMILES string of the molecule is CC(=O)c1ccc(C2C(=C(O)c3ccc(C(C)C)cc3)C(=O)C(=O)N2c2ccc(C)nn2)cc1. The third-order valence-corrected chi connectivity index (χ3v) is 5.96. The molecule has 1 unspecified atom stereocenters. The molecule has 172 valence electrons. The number of aliphatic hydroxyl groups excluding tert-OH is 1. The number of amides is 1. The van der Waals surface area contributed by atoms with Gasteiger partial charge < -0.3 is 5.11 Å². The predicted molar refractivity (Wildman–Crippen MR) is 129 cm³/mol. The topological polar surface area (TPSA) is 100 Å². The highest BCUT2D eigenvalue weighted by Crippen LogP contribution is 2.41. The summed E-state index contributed by atoms with van der Waals surface area (Å²) < 4.78 is 0. The minimum Gasteiger partial charge on any atom is -0.507 e. The van der Waals surface area contributed by atoms with E-state index in [1.165, 1.54) is 11.8 Å². The van der Waals surface area contributed by atoms with Gasteiger partial charge in [-0.2, -0.15) is 5.10 Å². The summed E-state index contributed by atoms with van der Waals surface area (Å²) in [5.41, 5.74) is 3.20. The molecular weight excluding hydrogens is 430 g/mol. The Balaban J connectivity index is 1.90. The van der Waals surface area contributed by atoms with Gasteiger partial charge in [-0.25, -0.2) is 0 Å². The van der Waals surface area contributed by atoms with Crippen LogP contribution in [-0.4, -0.2) is 32.8 Å². The largest absolute Gasteiger partial charge is 0.507 e. The Morgan fingerprint density at radius 2 is 1.53 bits per heavy atom. The molecule has 7 heteroatoms. The highest BCUT2D eigenvalue weighted by Gasteiger charge is 2.47. The van der Waals surface area contributed by atoms with Crippen LogP contribution in [0.5, 0.6) is 0 Å². The zero-order valence-electron chi connectivity index (χ0n) is 19.4. The third-order valence-electron chi connectivity index (χ3n) is 5.96. The van der Waals surface area contributed by atoms with E-state index in [0.29, 0.717) is 28.3 Å².